The minimum Gasteiger partial charge on any atom is -0.380 e. The molecule has 58 valence electrons. The Morgan fingerprint density at radius 3 is 2.70 bits per heavy atom. The molecule has 10 heavy (non-hydrogen) atoms. The van der Waals surface area contributed by atoms with E-state index in [9.17, 15) is 4.79 Å². The molecule has 1 heterocycles. The van der Waals surface area contributed by atoms with Crippen LogP contribution >= 0.6 is 0 Å². The van der Waals surface area contributed by atoms with Crippen molar-refractivity contribution in [2.75, 3.05) is 13.7 Å². The zero-order chi connectivity index (χ0) is 7.56. The summed E-state index contributed by atoms with van der Waals surface area (Å²) in [5.74, 6) is 0.208. The van der Waals surface area contributed by atoms with Crippen LogP contribution < -0.4 is 5.32 Å². The SMILES string of the molecule is CO[C@H]1CN[C@H](C(C)=O)C1. The highest BCUT2D eigenvalue weighted by Crippen LogP contribution is 2.09. The van der Waals surface area contributed by atoms with Gasteiger partial charge in [0.05, 0.1) is 12.1 Å². The molecule has 0 unspecified atom stereocenters. The largest absolute Gasteiger partial charge is 0.380 e. The van der Waals surface area contributed by atoms with Gasteiger partial charge in [0.25, 0.3) is 0 Å². The number of ketones is 1. The second-order valence-electron chi connectivity index (χ2n) is 2.66. The molecule has 0 aromatic rings. The topological polar surface area (TPSA) is 38.3 Å². The highest BCUT2D eigenvalue weighted by atomic mass is 16.5. The van der Waals surface area contributed by atoms with Gasteiger partial charge >= 0.3 is 0 Å². The lowest BCUT2D eigenvalue weighted by Gasteiger charge is -2.04. The van der Waals surface area contributed by atoms with Crippen LogP contribution in [0.4, 0.5) is 0 Å². The van der Waals surface area contributed by atoms with Crippen LogP contribution in [0.2, 0.25) is 0 Å². The molecule has 1 saturated heterocycles. The lowest BCUT2D eigenvalue weighted by Crippen LogP contribution is -2.28. The number of carbonyl (C=O) groups is 1. The Morgan fingerprint density at radius 1 is 1.70 bits per heavy atom. The number of rotatable bonds is 2. The van der Waals surface area contributed by atoms with E-state index in [0.29, 0.717) is 0 Å². The van der Waals surface area contributed by atoms with Gasteiger partial charge in [-0.05, 0) is 13.3 Å². The van der Waals surface area contributed by atoms with Crippen molar-refractivity contribution in [1.29, 1.82) is 0 Å². The molecule has 1 rings (SSSR count). The fourth-order valence-corrected chi connectivity index (χ4v) is 1.19. The third-order valence-corrected chi connectivity index (χ3v) is 1.91. The molecule has 3 heteroatoms. The molecule has 0 spiro atoms. The van der Waals surface area contributed by atoms with Gasteiger partial charge in [0, 0.05) is 13.7 Å². The van der Waals surface area contributed by atoms with Crippen LogP contribution in [0.3, 0.4) is 0 Å². The number of hydrogen-bond acceptors (Lipinski definition) is 3. The lowest BCUT2D eigenvalue weighted by atomic mass is 10.1. The van der Waals surface area contributed by atoms with E-state index in [-0.39, 0.29) is 17.9 Å². The van der Waals surface area contributed by atoms with Gasteiger partial charge in [-0.1, -0.05) is 0 Å². The van der Waals surface area contributed by atoms with Gasteiger partial charge in [0.2, 0.25) is 0 Å². The molecule has 1 aliphatic heterocycles. The Kier molecular flexibility index (Phi) is 2.40. The second kappa shape index (κ2) is 3.12. The highest BCUT2D eigenvalue weighted by Gasteiger charge is 2.26. The molecule has 0 saturated carbocycles. The van der Waals surface area contributed by atoms with E-state index >= 15 is 0 Å². The first-order valence-electron chi connectivity index (χ1n) is 3.50. The van der Waals surface area contributed by atoms with Gasteiger partial charge in [0.15, 0.2) is 0 Å². The van der Waals surface area contributed by atoms with Crippen LogP contribution in [-0.4, -0.2) is 31.6 Å². The van der Waals surface area contributed by atoms with Crippen molar-refractivity contribution in [2.24, 2.45) is 0 Å². The number of nitrogens with one attached hydrogen (secondary N) is 1. The quantitative estimate of drug-likeness (QED) is 0.589. The van der Waals surface area contributed by atoms with Crippen LogP contribution in [-0.2, 0) is 9.53 Å². The summed E-state index contributed by atoms with van der Waals surface area (Å²) in [5.41, 5.74) is 0. The summed E-state index contributed by atoms with van der Waals surface area (Å²) in [7, 11) is 1.68. The number of ether oxygens (including phenoxy) is 1. The fraction of sp³-hybridized carbons (Fsp3) is 0.857. The fourth-order valence-electron chi connectivity index (χ4n) is 1.19. The van der Waals surface area contributed by atoms with Crippen molar-refractivity contribution in [1.82, 2.24) is 5.32 Å². The molecule has 0 bridgehead atoms. The smallest absolute Gasteiger partial charge is 0.146 e. The molecule has 0 amide bonds. The van der Waals surface area contributed by atoms with Crippen LogP contribution in [0.1, 0.15) is 13.3 Å². The summed E-state index contributed by atoms with van der Waals surface area (Å²) in [6, 6.07) is 0.0324. The standard InChI is InChI=1S/C7H13NO2/c1-5(9)7-3-6(10-2)4-8-7/h6-8H,3-4H2,1-2H3/t6-,7+/m1/s1. The maximum Gasteiger partial charge on any atom is 0.146 e. The van der Waals surface area contributed by atoms with Gasteiger partial charge in [-0.25, -0.2) is 0 Å². The van der Waals surface area contributed by atoms with Gasteiger partial charge in [-0.15, -0.1) is 0 Å². The van der Waals surface area contributed by atoms with Crippen molar-refractivity contribution in [3.8, 4) is 0 Å². The van der Waals surface area contributed by atoms with E-state index in [1.807, 2.05) is 0 Å². The van der Waals surface area contributed by atoms with Crippen molar-refractivity contribution < 1.29 is 9.53 Å². The molecule has 1 N–H and O–H groups in total. The molecule has 0 aromatic carbocycles. The second-order valence-corrected chi connectivity index (χ2v) is 2.66. The first-order chi connectivity index (χ1) is 4.74. The minimum atomic E-state index is 0.0324. The maximum absolute atomic E-state index is 10.8. The Labute approximate surface area is 60.7 Å². The molecule has 2 atom stereocenters. The van der Waals surface area contributed by atoms with Gasteiger partial charge in [-0.2, -0.15) is 0 Å². The molecule has 0 aliphatic carbocycles. The summed E-state index contributed by atoms with van der Waals surface area (Å²) in [5, 5.41) is 3.08. The molecule has 0 radical (unpaired) electrons. The highest BCUT2D eigenvalue weighted by molar-refractivity contribution is 5.81. The normalized spacial score (nSPS) is 32.6. The summed E-state index contributed by atoms with van der Waals surface area (Å²) in [6.45, 7) is 2.41. The summed E-state index contributed by atoms with van der Waals surface area (Å²) >= 11 is 0. The monoisotopic (exact) mass is 143 g/mol. The average molecular weight is 143 g/mol. The average Bonchev–Trinajstić information content (AvgIpc) is 2.34. The van der Waals surface area contributed by atoms with Crippen LogP contribution in [0.5, 0.6) is 0 Å². The minimum absolute atomic E-state index is 0.0324. The molecule has 3 nitrogen and oxygen atoms in total. The van der Waals surface area contributed by atoms with Gasteiger partial charge in [-0.3, -0.25) is 4.79 Å². The number of hydrogen-bond donors (Lipinski definition) is 1. The lowest BCUT2D eigenvalue weighted by molar-refractivity contribution is -0.118. The number of methoxy groups -OCH3 is 1. The predicted molar refractivity (Wildman–Crippen MR) is 37.9 cm³/mol. The first-order valence-corrected chi connectivity index (χ1v) is 3.50. The summed E-state index contributed by atoms with van der Waals surface area (Å²) < 4.78 is 5.08. The Morgan fingerprint density at radius 2 is 2.40 bits per heavy atom. The van der Waals surface area contributed by atoms with E-state index in [1.165, 1.54) is 0 Å². The molecule has 1 fully saturated rings. The van der Waals surface area contributed by atoms with Crippen molar-refractivity contribution in [3.63, 3.8) is 0 Å². The molecule has 1 aliphatic rings. The van der Waals surface area contributed by atoms with E-state index < -0.39 is 0 Å². The molecular formula is C7H13NO2. The van der Waals surface area contributed by atoms with E-state index in [0.717, 1.165) is 13.0 Å². The molecule has 0 aromatic heterocycles. The van der Waals surface area contributed by atoms with Crippen molar-refractivity contribution in [3.05, 3.63) is 0 Å². The Hall–Kier alpha value is -0.410. The van der Waals surface area contributed by atoms with Crippen LogP contribution in [0.15, 0.2) is 0 Å². The number of Topliss-reactive ketones (excluding diaryl/α,β-unsaturated/α-hetero) is 1. The Bertz CT molecular complexity index is 136. The van der Waals surface area contributed by atoms with Crippen molar-refractivity contribution >= 4 is 5.78 Å². The third kappa shape index (κ3) is 1.55. The summed E-state index contributed by atoms with van der Waals surface area (Å²) in [4.78, 5) is 10.8. The van der Waals surface area contributed by atoms with Crippen molar-refractivity contribution in [2.45, 2.75) is 25.5 Å². The molecular weight excluding hydrogens is 130 g/mol. The van der Waals surface area contributed by atoms with Gasteiger partial charge < -0.3 is 10.1 Å². The van der Waals surface area contributed by atoms with Gasteiger partial charge in [0.1, 0.15) is 5.78 Å². The zero-order valence-corrected chi connectivity index (χ0v) is 6.39. The Balaban J connectivity index is 2.35. The maximum atomic E-state index is 10.8. The van der Waals surface area contributed by atoms with E-state index in [1.54, 1.807) is 14.0 Å². The zero-order valence-electron chi connectivity index (χ0n) is 6.39. The van der Waals surface area contributed by atoms with Crippen LogP contribution in [0, 0.1) is 0 Å². The first kappa shape index (κ1) is 7.69. The van der Waals surface area contributed by atoms with E-state index in [4.69, 9.17) is 4.74 Å². The number of carbonyl (C=O) groups excluding carboxylic acids is 1. The third-order valence-electron chi connectivity index (χ3n) is 1.91. The van der Waals surface area contributed by atoms with E-state index in [2.05, 4.69) is 5.32 Å². The summed E-state index contributed by atoms with van der Waals surface area (Å²) in [6.07, 6.45) is 1.06. The predicted octanol–water partition coefficient (Wildman–Crippen LogP) is -0.0477. The van der Waals surface area contributed by atoms with Crippen LogP contribution in [0.25, 0.3) is 0 Å².